The highest BCUT2D eigenvalue weighted by atomic mass is 16.5. The lowest BCUT2D eigenvalue weighted by molar-refractivity contribution is 0.419. The van der Waals surface area contributed by atoms with Crippen LogP contribution in [0.15, 0.2) is 36.4 Å². The lowest BCUT2D eigenvalue weighted by Crippen LogP contribution is -2.09. The smallest absolute Gasteiger partial charge is 0.126 e. The lowest BCUT2D eigenvalue weighted by atomic mass is 9.97. The van der Waals surface area contributed by atoms with Crippen LogP contribution in [0.25, 0.3) is 10.8 Å². The van der Waals surface area contributed by atoms with Gasteiger partial charge in [-0.3, -0.25) is 0 Å². The molecule has 0 saturated carbocycles. The molecule has 1 atom stereocenters. The van der Waals surface area contributed by atoms with E-state index < -0.39 is 0 Å². The summed E-state index contributed by atoms with van der Waals surface area (Å²) < 4.78 is 5.32. The van der Waals surface area contributed by atoms with Gasteiger partial charge in [-0.05, 0) is 17.0 Å². The summed E-state index contributed by atoms with van der Waals surface area (Å²) in [6.45, 7) is 0. The molecule has 0 saturated heterocycles. The maximum atomic E-state index is 8.72. The Morgan fingerprint density at radius 2 is 1.94 bits per heavy atom. The molecule has 0 bridgehead atoms. The van der Waals surface area contributed by atoms with Gasteiger partial charge < -0.3 is 10.5 Å². The van der Waals surface area contributed by atoms with Gasteiger partial charge in [0.25, 0.3) is 0 Å². The average molecular weight is 226 g/mol. The molecule has 2 rings (SSSR count). The minimum absolute atomic E-state index is 0.254. The summed E-state index contributed by atoms with van der Waals surface area (Å²) in [5, 5.41) is 10.8. The SMILES string of the molecule is COc1ccc([C@H](N)CC#N)c2ccccc12. The fourth-order valence-corrected chi connectivity index (χ4v) is 2.00. The van der Waals surface area contributed by atoms with Gasteiger partial charge in [0.2, 0.25) is 0 Å². The minimum Gasteiger partial charge on any atom is -0.496 e. The highest BCUT2D eigenvalue weighted by Gasteiger charge is 2.11. The van der Waals surface area contributed by atoms with Crippen LogP contribution in [0.1, 0.15) is 18.0 Å². The predicted molar refractivity (Wildman–Crippen MR) is 67.7 cm³/mol. The Kier molecular flexibility index (Phi) is 3.27. The molecular weight excluding hydrogens is 212 g/mol. The number of nitrogens with two attached hydrogens (primary N) is 1. The van der Waals surface area contributed by atoms with E-state index in [0.717, 1.165) is 22.1 Å². The van der Waals surface area contributed by atoms with E-state index in [1.54, 1.807) is 7.11 Å². The molecule has 0 aliphatic heterocycles. The molecule has 0 amide bonds. The third-order valence-electron chi connectivity index (χ3n) is 2.85. The van der Waals surface area contributed by atoms with Crippen LogP contribution in [-0.4, -0.2) is 7.11 Å². The first kappa shape index (κ1) is 11.4. The van der Waals surface area contributed by atoms with Crippen molar-refractivity contribution in [2.75, 3.05) is 7.11 Å². The Hall–Kier alpha value is -2.05. The zero-order valence-electron chi connectivity index (χ0n) is 9.68. The Balaban J connectivity index is 2.63. The molecular formula is C14H14N2O. The fourth-order valence-electron chi connectivity index (χ4n) is 2.00. The second kappa shape index (κ2) is 4.86. The molecule has 0 aromatic heterocycles. The van der Waals surface area contributed by atoms with Gasteiger partial charge in [0.05, 0.1) is 19.6 Å². The Bertz CT molecular complexity index is 572. The molecule has 0 spiro atoms. The quantitative estimate of drug-likeness (QED) is 0.875. The largest absolute Gasteiger partial charge is 0.496 e. The maximum absolute atomic E-state index is 8.72. The van der Waals surface area contributed by atoms with Crippen molar-refractivity contribution < 1.29 is 4.74 Å². The highest BCUT2D eigenvalue weighted by molar-refractivity contribution is 5.91. The van der Waals surface area contributed by atoms with Gasteiger partial charge in [-0.2, -0.15) is 5.26 Å². The van der Waals surface area contributed by atoms with E-state index in [4.69, 9.17) is 15.7 Å². The summed E-state index contributed by atoms with van der Waals surface area (Å²) in [6, 6.07) is 13.6. The molecule has 0 aliphatic carbocycles. The van der Waals surface area contributed by atoms with Crippen molar-refractivity contribution >= 4 is 10.8 Å². The van der Waals surface area contributed by atoms with Crippen LogP contribution in [0.3, 0.4) is 0 Å². The Morgan fingerprint density at radius 3 is 2.59 bits per heavy atom. The van der Waals surface area contributed by atoms with Gasteiger partial charge in [-0.15, -0.1) is 0 Å². The summed E-state index contributed by atoms with van der Waals surface area (Å²) in [5.74, 6) is 0.827. The van der Waals surface area contributed by atoms with Crippen molar-refractivity contribution in [3.8, 4) is 11.8 Å². The Morgan fingerprint density at radius 1 is 1.24 bits per heavy atom. The molecule has 2 N–H and O–H groups in total. The number of rotatable bonds is 3. The first-order valence-electron chi connectivity index (χ1n) is 5.46. The molecule has 2 aromatic rings. The van der Waals surface area contributed by atoms with Gasteiger partial charge in [0, 0.05) is 11.4 Å². The van der Waals surface area contributed by atoms with Crippen molar-refractivity contribution in [1.29, 1.82) is 5.26 Å². The molecule has 0 radical (unpaired) electrons. The van der Waals surface area contributed by atoms with Crippen LogP contribution in [0.4, 0.5) is 0 Å². The van der Waals surface area contributed by atoms with E-state index in [1.807, 2.05) is 36.4 Å². The van der Waals surface area contributed by atoms with E-state index in [1.165, 1.54) is 0 Å². The van der Waals surface area contributed by atoms with Gasteiger partial charge in [-0.25, -0.2) is 0 Å². The van der Waals surface area contributed by atoms with E-state index in [0.29, 0.717) is 6.42 Å². The monoisotopic (exact) mass is 226 g/mol. The van der Waals surface area contributed by atoms with E-state index in [-0.39, 0.29) is 6.04 Å². The van der Waals surface area contributed by atoms with Crippen molar-refractivity contribution in [3.63, 3.8) is 0 Å². The van der Waals surface area contributed by atoms with Crippen molar-refractivity contribution in [1.82, 2.24) is 0 Å². The molecule has 0 heterocycles. The van der Waals surface area contributed by atoms with Crippen molar-refractivity contribution in [3.05, 3.63) is 42.0 Å². The first-order valence-corrected chi connectivity index (χ1v) is 5.46. The predicted octanol–water partition coefficient (Wildman–Crippen LogP) is 2.76. The van der Waals surface area contributed by atoms with Gasteiger partial charge in [0.15, 0.2) is 0 Å². The van der Waals surface area contributed by atoms with E-state index in [2.05, 4.69) is 6.07 Å². The van der Waals surface area contributed by atoms with Gasteiger partial charge in [-0.1, -0.05) is 30.3 Å². The number of methoxy groups -OCH3 is 1. The Labute approximate surface area is 100 Å². The number of hydrogen-bond donors (Lipinski definition) is 1. The highest BCUT2D eigenvalue weighted by Crippen LogP contribution is 2.31. The van der Waals surface area contributed by atoms with Crippen molar-refractivity contribution in [2.24, 2.45) is 5.73 Å². The minimum atomic E-state index is -0.254. The van der Waals surface area contributed by atoms with Crippen LogP contribution in [0.2, 0.25) is 0 Å². The second-order valence-electron chi connectivity index (χ2n) is 3.87. The third-order valence-corrected chi connectivity index (χ3v) is 2.85. The summed E-state index contributed by atoms with van der Waals surface area (Å²) in [7, 11) is 1.65. The topological polar surface area (TPSA) is 59.0 Å². The van der Waals surface area contributed by atoms with E-state index in [9.17, 15) is 0 Å². The number of ether oxygens (including phenoxy) is 1. The number of fused-ring (bicyclic) bond motifs is 1. The van der Waals surface area contributed by atoms with Crippen LogP contribution in [0, 0.1) is 11.3 Å². The molecule has 17 heavy (non-hydrogen) atoms. The average Bonchev–Trinajstić information content (AvgIpc) is 2.37. The normalized spacial score (nSPS) is 12.1. The number of nitriles is 1. The summed E-state index contributed by atoms with van der Waals surface area (Å²) in [5.41, 5.74) is 6.99. The molecule has 0 aliphatic rings. The van der Waals surface area contributed by atoms with Crippen molar-refractivity contribution in [2.45, 2.75) is 12.5 Å². The lowest BCUT2D eigenvalue weighted by Gasteiger charge is -2.14. The van der Waals surface area contributed by atoms with Crippen LogP contribution in [-0.2, 0) is 0 Å². The maximum Gasteiger partial charge on any atom is 0.126 e. The molecule has 2 aromatic carbocycles. The zero-order valence-corrected chi connectivity index (χ0v) is 9.68. The van der Waals surface area contributed by atoms with Crippen LogP contribution >= 0.6 is 0 Å². The molecule has 86 valence electrons. The summed E-state index contributed by atoms with van der Waals surface area (Å²) >= 11 is 0. The van der Waals surface area contributed by atoms with Gasteiger partial charge in [0.1, 0.15) is 5.75 Å². The zero-order chi connectivity index (χ0) is 12.3. The molecule has 0 unspecified atom stereocenters. The van der Waals surface area contributed by atoms with E-state index >= 15 is 0 Å². The summed E-state index contributed by atoms with van der Waals surface area (Å²) in [6.07, 6.45) is 0.316. The third kappa shape index (κ3) is 2.08. The molecule has 3 heteroatoms. The molecule has 0 fully saturated rings. The van der Waals surface area contributed by atoms with Gasteiger partial charge >= 0.3 is 0 Å². The fraction of sp³-hybridized carbons (Fsp3) is 0.214. The first-order chi connectivity index (χ1) is 8.27. The standard InChI is InChI=1S/C14H14N2O/c1-17-14-7-6-11(13(16)8-9-15)10-4-2-3-5-12(10)14/h2-7,13H,8,16H2,1H3/t13-/m1/s1. The summed E-state index contributed by atoms with van der Waals surface area (Å²) in [4.78, 5) is 0. The number of hydrogen-bond acceptors (Lipinski definition) is 3. The van der Waals surface area contributed by atoms with Crippen LogP contribution in [0.5, 0.6) is 5.75 Å². The van der Waals surface area contributed by atoms with Crippen LogP contribution < -0.4 is 10.5 Å². The molecule has 3 nitrogen and oxygen atoms in total. The second-order valence-corrected chi connectivity index (χ2v) is 3.87. The number of nitrogens with zero attached hydrogens (tertiary/aromatic N) is 1. The number of benzene rings is 2.